The van der Waals surface area contributed by atoms with Crippen LogP contribution in [-0.2, 0) is 6.42 Å². The van der Waals surface area contributed by atoms with Gasteiger partial charge in [0.2, 0.25) is 0 Å². The van der Waals surface area contributed by atoms with Gasteiger partial charge in [-0.05, 0) is 25.0 Å². The fraction of sp³-hybridized carbons (Fsp3) is 0.381. The van der Waals surface area contributed by atoms with Crippen LogP contribution in [0.15, 0.2) is 42.6 Å². The highest BCUT2D eigenvalue weighted by molar-refractivity contribution is 5.69. The molecule has 0 spiro atoms. The fourth-order valence-corrected chi connectivity index (χ4v) is 3.99. The van der Waals surface area contributed by atoms with Crippen LogP contribution in [0, 0.1) is 11.3 Å². The van der Waals surface area contributed by atoms with Crippen molar-refractivity contribution in [1.82, 2.24) is 29.7 Å². The number of anilines is 1. The Morgan fingerprint density at radius 1 is 1.28 bits per heavy atom. The average Bonchev–Trinajstić information content (AvgIpc) is 3.20. The van der Waals surface area contributed by atoms with E-state index in [2.05, 4.69) is 30.2 Å². The molecular formula is C21H23F3N8. The number of hydrogen-bond acceptors (Lipinski definition) is 7. The lowest BCUT2D eigenvalue weighted by Crippen LogP contribution is -2.38. The molecule has 0 saturated carbocycles. The highest BCUT2D eigenvalue weighted by Crippen LogP contribution is 2.27. The van der Waals surface area contributed by atoms with E-state index in [0.717, 1.165) is 37.4 Å². The van der Waals surface area contributed by atoms with Crippen molar-refractivity contribution in [2.45, 2.75) is 25.4 Å². The van der Waals surface area contributed by atoms with Crippen LogP contribution >= 0.6 is 0 Å². The molecule has 1 aliphatic heterocycles. The van der Waals surface area contributed by atoms with Crippen LogP contribution in [0.25, 0.3) is 17.2 Å². The Hall–Kier alpha value is -3.50. The predicted octanol–water partition coefficient (Wildman–Crippen LogP) is 3.26. The monoisotopic (exact) mass is 444 g/mol. The Morgan fingerprint density at radius 3 is 2.88 bits per heavy atom. The Kier molecular flexibility index (Phi) is 6.06. The first-order valence-corrected chi connectivity index (χ1v) is 10.2. The Balaban J connectivity index is 1.63. The first kappa shape index (κ1) is 21.7. The summed E-state index contributed by atoms with van der Waals surface area (Å²) in [5.74, 6) is 1.37. The van der Waals surface area contributed by atoms with Crippen LogP contribution in [0.1, 0.15) is 18.5 Å². The standard InChI is InChI=1S/C21H23F3N8/c1-26-16(4-6-25)14-3-2-8-31(12-14)18-5-7-27-20(30-18)17-10-29-19-11-28-15(13-32(17)19)9-21(22,23)24/h4-7,10-11,13-14,25-26H,2-3,8-9,12H2,1H3/b16-4-,25-6?. The van der Waals surface area contributed by atoms with Crippen molar-refractivity contribution in [3.63, 3.8) is 0 Å². The van der Waals surface area contributed by atoms with E-state index in [4.69, 9.17) is 5.41 Å². The van der Waals surface area contributed by atoms with Crippen molar-refractivity contribution in [3.8, 4) is 11.5 Å². The van der Waals surface area contributed by atoms with Gasteiger partial charge in [0.05, 0.1) is 24.5 Å². The van der Waals surface area contributed by atoms with Gasteiger partial charge in [0.25, 0.3) is 0 Å². The lowest BCUT2D eigenvalue weighted by atomic mass is 9.94. The van der Waals surface area contributed by atoms with Gasteiger partial charge in [-0.1, -0.05) is 0 Å². The fourth-order valence-electron chi connectivity index (χ4n) is 3.99. The summed E-state index contributed by atoms with van der Waals surface area (Å²) in [5, 5.41) is 10.5. The summed E-state index contributed by atoms with van der Waals surface area (Å²) in [6.07, 6.45) is 5.40. The molecular weight excluding hydrogens is 421 g/mol. The van der Waals surface area contributed by atoms with Crippen LogP contribution in [0.4, 0.5) is 19.0 Å². The second-order valence-electron chi connectivity index (χ2n) is 7.60. The third-order valence-corrected chi connectivity index (χ3v) is 5.44. The largest absolute Gasteiger partial charge is 0.394 e. The van der Waals surface area contributed by atoms with E-state index in [-0.39, 0.29) is 11.6 Å². The van der Waals surface area contributed by atoms with Crippen LogP contribution in [0.5, 0.6) is 0 Å². The molecule has 2 N–H and O–H groups in total. The number of halogens is 3. The molecule has 0 bridgehead atoms. The zero-order chi connectivity index (χ0) is 22.7. The van der Waals surface area contributed by atoms with Gasteiger partial charge in [0.1, 0.15) is 11.5 Å². The molecule has 11 heteroatoms. The molecule has 3 aromatic heterocycles. The number of hydrogen-bond donors (Lipinski definition) is 2. The van der Waals surface area contributed by atoms with Gasteiger partial charge in [0.15, 0.2) is 11.5 Å². The minimum Gasteiger partial charge on any atom is -0.391 e. The van der Waals surface area contributed by atoms with Gasteiger partial charge in [0, 0.05) is 50.4 Å². The SMILES string of the molecule is CN/C(=C\C=N)C1CCCN(c2ccnc(-c3cnc4cnc(CC(F)(F)F)cn34)n2)C1. The average molecular weight is 444 g/mol. The predicted molar refractivity (Wildman–Crippen MR) is 115 cm³/mol. The number of aromatic nitrogens is 5. The molecule has 1 unspecified atom stereocenters. The topological polar surface area (TPSA) is 95.1 Å². The molecule has 1 saturated heterocycles. The quantitative estimate of drug-likeness (QED) is 0.567. The van der Waals surface area contributed by atoms with Crippen LogP contribution in [-0.4, -0.2) is 56.9 Å². The minimum atomic E-state index is -4.35. The van der Waals surface area contributed by atoms with Crippen molar-refractivity contribution < 1.29 is 13.2 Å². The summed E-state index contributed by atoms with van der Waals surface area (Å²) >= 11 is 0. The third-order valence-electron chi connectivity index (χ3n) is 5.44. The molecule has 0 amide bonds. The van der Waals surface area contributed by atoms with Gasteiger partial charge in [-0.3, -0.25) is 9.38 Å². The summed E-state index contributed by atoms with van der Waals surface area (Å²) in [5.41, 5.74) is 1.83. The molecule has 1 aliphatic rings. The highest BCUT2D eigenvalue weighted by atomic mass is 19.4. The first-order valence-electron chi connectivity index (χ1n) is 10.2. The number of rotatable bonds is 6. The lowest BCUT2D eigenvalue weighted by molar-refractivity contribution is -0.127. The number of allylic oxidation sites excluding steroid dienone is 1. The number of imidazole rings is 1. The lowest BCUT2D eigenvalue weighted by Gasteiger charge is -2.34. The molecule has 3 aromatic rings. The molecule has 32 heavy (non-hydrogen) atoms. The van der Waals surface area contributed by atoms with E-state index in [1.165, 1.54) is 23.0 Å². The molecule has 4 rings (SSSR count). The maximum Gasteiger partial charge on any atom is 0.394 e. The van der Waals surface area contributed by atoms with Gasteiger partial charge in [-0.15, -0.1) is 0 Å². The van der Waals surface area contributed by atoms with E-state index < -0.39 is 12.6 Å². The van der Waals surface area contributed by atoms with E-state index in [0.29, 0.717) is 17.2 Å². The number of nitrogens with one attached hydrogen (secondary N) is 2. The summed E-state index contributed by atoms with van der Waals surface area (Å²) in [7, 11) is 1.85. The minimum absolute atomic E-state index is 0.100. The molecule has 0 aliphatic carbocycles. The molecule has 168 valence electrons. The van der Waals surface area contributed by atoms with Crippen LogP contribution < -0.4 is 10.2 Å². The Bertz CT molecular complexity index is 1140. The van der Waals surface area contributed by atoms with Gasteiger partial charge in [-0.2, -0.15) is 13.2 Å². The second kappa shape index (κ2) is 8.93. The van der Waals surface area contributed by atoms with Crippen molar-refractivity contribution in [2.75, 3.05) is 25.0 Å². The molecule has 1 fully saturated rings. The summed E-state index contributed by atoms with van der Waals surface area (Å²) in [6.45, 7) is 1.57. The van der Waals surface area contributed by atoms with E-state index in [1.54, 1.807) is 18.5 Å². The van der Waals surface area contributed by atoms with Gasteiger partial charge in [-0.25, -0.2) is 15.0 Å². The Morgan fingerprint density at radius 2 is 2.12 bits per heavy atom. The summed E-state index contributed by atoms with van der Waals surface area (Å²) < 4.78 is 39.9. The molecule has 0 aromatic carbocycles. The zero-order valence-electron chi connectivity index (χ0n) is 17.5. The van der Waals surface area contributed by atoms with Gasteiger partial charge < -0.3 is 15.6 Å². The first-order chi connectivity index (χ1) is 15.4. The molecule has 1 atom stereocenters. The smallest absolute Gasteiger partial charge is 0.391 e. The van der Waals surface area contributed by atoms with E-state index >= 15 is 0 Å². The second-order valence-corrected chi connectivity index (χ2v) is 7.60. The zero-order valence-corrected chi connectivity index (χ0v) is 17.5. The molecule has 8 nitrogen and oxygen atoms in total. The highest BCUT2D eigenvalue weighted by Gasteiger charge is 2.29. The normalized spacial score (nSPS) is 17.6. The van der Waals surface area contributed by atoms with Crippen molar-refractivity contribution >= 4 is 17.7 Å². The van der Waals surface area contributed by atoms with Crippen LogP contribution in [0.3, 0.4) is 0 Å². The number of nitrogens with zero attached hydrogens (tertiary/aromatic N) is 6. The maximum absolute atomic E-state index is 12.8. The third kappa shape index (κ3) is 4.71. The number of fused-ring (bicyclic) bond motifs is 1. The summed E-state index contributed by atoms with van der Waals surface area (Å²) in [6, 6.07) is 1.82. The van der Waals surface area contributed by atoms with Crippen molar-refractivity contribution in [2.24, 2.45) is 5.92 Å². The van der Waals surface area contributed by atoms with Crippen molar-refractivity contribution in [1.29, 1.82) is 5.41 Å². The van der Waals surface area contributed by atoms with Gasteiger partial charge >= 0.3 is 6.18 Å². The van der Waals surface area contributed by atoms with E-state index in [1.807, 2.05) is 13.1 Å². The maximum atomic E-state index is 12.8. The molecule has 4 heterocycles. The van der Waals surface area contributed by atoms with Crippen molar-refractivity contribution in [3.05, 3.63) is 48.3 Å². The van der Waals surface area contributed by atoms with E-state index in [9.17, 15) is 13.2 Å². The summed E-state index contributed by atoms with van der Waals surface area (Å²) in [4.78, 5) is 19.3. The van der Waals surface area contributed by atoms with Crippen LogP contribution in [0.2, 0.25) is 0 Å². The Labute approximate surface area is 182 Å². The molecule has 0 radical (unpaired) electrons. The number of alkyl halides is 3. The number of piperidine rings is 1.